The van der Waals surface area contributed by atoms with Gasteiger partial charge in [0.05, 0.1) is 18.3 Å². The Balaban J connectivity index is 2.96. The normalized spacial score (nSPS) is 11.5. The van der Waals surface area contributed by atoms with E-state index in [4.69, 9.17) is 26.3 Å². The summed E-state index contributed by atoms with van der Waals surface area (Å²) >= 11 is 5.52. The van der Waals surface area contributed by atoms with Gasteiger partial charge in [0.2, 0.25) is 5.88 Å². The Morgan fingerprint density at radius 3 is 2.55 bits per heavy atom. The molecule has 0 amide bonds. The van der Waals surface area contributed by atoms with E-state index in [0.29, 0.717) is 6.07 Å². The smallest absolute Gasteiger partial charge is 0.417 e. The third-order valence-corrected chi connectivity index (χ3v) is 2.34. The maximum atomic E-state index is 12.8. The molecule has 0 N–H and O–H groups in total. The van der Waals surface area contributed by atoms with Crippen LogP contribution in [0.2, 0.25) is 5.15 Å². The van der Waals surface area contributed by atoms with E-state index in [1.54, 1.807) is 13.8 Å². The van der Waals surface area contributed by atoms with Crippen LogP contribution in [0.1, 0.15) is 25.0 Å². The van der Waals surface area contributed by atoms with E-state index < -0.39 is 28.3 Å². The van der Waals surface area contributed by atoms with Gasteiger partial charge < -0.3 is 9.47 Å². The number of pyridine rings is 1. The van der Waals surface area contributed by atoms with Gasteiger partial charge in [0, 0.05) is 0 Å². The molecule has 0 fully saturated rings. The van der Waals surface area contributed by atoms with Crippen molar-refractivity contribution in [1.82, 2.24) is 4.98 Å². The van der Waals surface area contributed by atoms with Crippen LogP contribution in [0, 0.1) is 11.3 Å². The Morgan fingerprint density at radius 1 is 1.40 bits per heavy atom. The minimum Gasteiger partial charge on any atom is -0.474 e. The van der Waals surface area contributed by atoms with E-state index in [1.165, 1.54) is 6.07 Å². The zero-order valence-corrected chi connectivity index (χ0v) is 11.5. The topological polar surface area (TPSA) is 55.1 Å². The lowest BCUT2D eigenvalue weighted by Crippen LogP contribution is -2.14. The van der Waals surface area contributed by atoms with Gasteiger partial charge in [-0.2, -0.15) is 18.4 Å². The first kappa shape index (κ1) is 16.5. The Bertz CT molecular complexity index is 513. The summed E-state index contributed by atoms with van der Waals surface area (Å²) < 4.78 is 48.5. The number of ether oxygens (including phenoxy) is 2. The number of aromatic nitrogens is 1. The van der Waals surface area contributed by atoms with Crippen molar-refractivity contribution < 1.29 is 22.6 Å². The molecule has 1 rings (SSSR count). The summed E-state index contributed by atoms with van der Waals surface area (Å²) in [6.45, 7) is 3.75. The lowest BCUT2D eigenvalue weighted by atomic mass is 10.1. The lowest BCUT2D eigenvalue weighted by molar-refractivity contribution is -0.138. The predicted molar refractivity (Wildman–Crippen MR) is 65.5 cm³/mol. The Morgan fingerprint density at radius 2 is 2.05 bits per heavy atom. The summed E-state index contributed by atoms with van der Waals surface area (Å²) in [6, 6.07) is 2.04. The van der Waals surface area contributed by atoms with Crippen LogP contribution in [0.4, 0.5) is 13.2 Å². The zero-order valence-electron chi connectivity index (χ0n) is 10.8. The molecular formula is C12H12ClF3N2O2. The van der Waals surface area contributed by atoms with Gasteiger partial charge in [0.25, 0.3) is 0 Å². The number of halogens is 4. The maximum Gasteiger partial charge on any atom is 0.417 e. The highest BCUT2D eigenvalue weighted by Gasteiger charge is 2.36. The van der Waals surface area contributed by atoms with Crippen LogP contribution in [0.25, 0.3) is 0 Å². The molecule has 0 unspecified atom stereocenters. The van der Waals surface area contributed by atoms with Crippen LogP contribution >= 0.6 is 11.6 Å². The van der Waals surface area contributed by atoms with Crippen molar-refractivity contribution in [3.8, 4) is 11.9 Å². The standard InChI is InChI=1S/C12H12ClF3N2O2/c1-7(2)19-3-4-20-11-8(6-17)9(12(14,15)16)5-10(13)18-11/h5,7H,3-4H2,1-2H3. The second kappa shape index (κ2) is 6.77. The van der Waals surface area contributed by atoms with Gasteiger partial charge in [0.1, 0.15) is 23.4 Å². The number of hydrogen-bond donors (Lipinski definition) is 0. The number of rotatable bonds is 5. The summed E-state index contributed by atoms with van der Waals surface area (Å²) in [5.41, 5.74) is -1.86. The summed E-state index contributed by atoms with van der Waals surface area (Å²) in [7, 11) is 0. The highest BCUT2D eigenvalue weighted by molar-refractivity contribution is 6.29. The highest BCUT2D eigenvalue weighted by Crippen LogP contribution is 2.36. The molecule has 20 heavy (non-hydrogen) atoms. The van der Waals surface area contributed by atoms with Gasteiger partial charge in [-0.1, -0.05) is 11.6 Å². The van der Waals surface area contributed by atoms with Crippen LogP contribution in [0.5, 0.6) is 5.88 Å². The number of nitrogens with zero attached hydrogens (tertiary/aromatic N) is 2. The van der Waals surface area contributed by atoms with Crippen LogP contribution in [-0.4, -0.2) is 24.3 Å². The van der Waals surface area contributed by atoms with Gasteiger partial charge in [-0.05, 0) is 19.9 Å². The number of hydrogen-bond acceptors (Lipinski definition) is 4. The Hall–Kier alpha value is -1.52. The van der Waals surface area contributed by atoms with Crippen molar-refractivity contribution in [2.45, 2.75) is 26.1 Å². The molecule has 1 aromatic rings. The second-order valence-corrected chi connectivity index (χ2v) is 4.44. The van der Waals surface area contributed by atoms with E-state index >= 15 is 0 Å². The molecule has 4 nitrogen and oxygen atoms in total. The monoisotopic (exact) mass is 308 g/mol. The molecular weight excluding hydrogens is 297 g/mol. The molecule has 0 bridgehead atoms. The fraction of sp³-hybridized carbons (Fsp3) is 0.500. The lowest BCUT2D eigenvalue weighted by Gasteiger charge is -2.13. The first-order valence-electron chi connectivity index (χ1n) is 5.68. The predicted octanol–water partition coefficient (Wildman–Crippen LogP) is 3.43. The van der Waals surface area contributed by atoms with E-state index in [2.05, 4.69) is 4.98 Å². The Kier molecular flexibility index (Phi) is 5.60. The largest absolute Gasteiger partial charge is 0.474 e. The zero-order chi connectivity index (χ0) is 15.3. The van der Waals surface area contributed by atoms with Crippen molar-refractivity contribution >= 4 is 11.6 Å². The highest BCUT2D eigenvalue weighted by atomic mass is 35.5. The molecule has 0 radical (unpaired) electrons. The number of nitriles is 1. The molecule has 0 aromatic carbocycles. The van der Waals surface area contributed by atoms with Crippen molar-refractivity contribution in [1.29, 1.82) is 5.26 Å². The van der Waals surface area contributed by atoms with Crippen molar-refractivity contribution in [2.75, 3.05) is 13.2 Å². The van der Waals surface area contributed by atoms with Gasteiger partial charge in [-0.3, -0.25) is 0 Å². The quantitative estimate of drug-likeness (QED) is 0.617. The van der Waals surface area contributed by atoms with Gasteiger partial charge >= 0.3 is 6.18 Å². The molecule has 0 atom stereocenters. The average molecular weight is 309 g/mol. The molecule has 0 aliphatic carbocycles. The molecule has 0 saturated carbocycles. The molecule has 8 heteroatoms. The first-order valence-corrected chi connectivity index (χ1v) is 6.05. The molecule has 0 saturated heterocycles. The fourth-order valence-electron chi connectivity index (χ4n) is 1.35. The maximum absolute atomic E-state index is 12.8. The van der Waals surface area contributed by atoms with E-state index in [9.17, 15) is 13.2 Å². The number of alkyl halides is 3. The molecule has 1 aromatic heterocycles. The van der Waals surface area contributed by atoms with Crippen LogP contribution in [0.3, 0.4) is 0 Å². The average Bonchev–Trinajstić information content (AvgIpc) is 2.32. The van der Waals surface area contributed by atoms with Crippen LogP contribution < -0.4 is 4.74 Å². The van der Waals surface area contributed by atoms with Gasteiger partial charge in [-0.15, -0.1) is 0 Å². The second-order valence-electron chi connectivity index (χ2n) is 4.05. The summed E-state index contributed by atoms with van der Waals surface area (Å²) in [5, 5.41) is 8.46. The van der Waals surface area contributed by atoms with Crippen molar-refractivity contribution in [2.24, 2.45) is 0 Å². The van der Waals surface area contributed by atoms with Crippen molar-refractivity contribution in [3.63, 3.8) is 0 Å². The molecule has 0 aliphatic rings. The molecule has 1 heterocycles. The minimum atomic E-state index is -4.70. The first-order chi connectivity index (χ1) is 9.25. The molecule has 0 spiro atoms. The summed E-state index contributed by atoms with van der Waals surface area (Å²) in [5.74, 6) is -0.445. The van der Waals surface area contributed by atoms with E-state index in [-0.39, 0.29) is 19.3 Å². The molecule has 110 valence electrons. The Labute approximate surface area is 119 Å². The van der Waals surface area contributed by atoms with E-state index in [1.807, 2.05) is 0 Å². The summed E-state index contributed by atoms with van der Waals surface area (Å²) in [4.78, 5) is 3.60. The summed E-state index contributed by atoms with van der Waals surface area (Å²) in [6.07, 6.45) is -4.74. The van der Waals surface area contributed by atoms with Crippen LogP contribution in [-0.2, 0) is 10.9 Å². The van der Waals surface area contributed by atoms with Gasteiger partial charge in [-0.25, -0.2) is 4.98 Å². The fourth-order valence-corrected chi connectivity index (χ4v) is 1.54. The van der Waals surface area contributed by atoms with E-state index in [0.717, 1.165) is 0 Å². The van der Waals surface area contributed by atoms with Gasteiger partial charge in [0.15, 0.2) is 0 Å². The third-order valence-electron chi connectivity index (χ3n) is 2.15. The minimum absolute atomic E-state index is 0.0303. The van der Waals surface area contributed by atoms with Crippen LogP contribution in [0.15, 0.2) is 6.07 Å². The SMILES string of the molecule is CC(C)OCCOc1nc(Cl)cc(C(F)(F)F)c1C#N. The van der Waals surface area contributed by atoms with Crippen molar-refractivity contribution in [3.05, 3.63) is 22.3 Å². The molecule has 0 aliphatic heterocycles. The third kappa shape index (κ3) is 4.54.